The molecule has 0 radical (unpaired) electrons. The lowest BCUT2D eigenvalue weighted by molar-refractivity contribution is 0.100. The summed E-state index contributed by atoms with van der Waals surface area (Å²) in [5.74, 6) is 0.805. The van der Waals surface area contributed by atoms with Crippen molar-refractivity contribution >= 4 is 10.9 Å². The molecule has 1 atom stereocenters. The Morgan fingerprint density at radius 2 is 1.83 bits per heavy atom. The summed E-state index contributed by atoms with van der Waals surface area (Å²) in [6.45, 7) is 12.3. The van der Waals surface area contributed by atoms with Crippen LogP contribution in [-0.4, -0.2) is 34.5 Å². The molecule has 0 fully saturated rings. The molecule has 0 amide bonds. The van der Waals surface area contributed by atoms with Gasteiger partial charge in [0, 0.05) is 35.2 Å². The Balaban J connectivity index is 1.79. The highest BCUT2D eigenvalue weighted by Gasteiger charge is 2.15. The van der Waals surface area contributed by atoms with Crippen LogP contribution in [0.4, 0.5) is 0 Å². The maximum atomic E-state index is 10.2. The number of aliphatic hydroxyl groups is 1. The van der Waals surface area contributed by atoms with Crippen LogP contribution in [0.25, 0.3) is 10.9 Å². The van der Waals surface area contributed by atoms with Crippen LogP contribution in [0.3, 0.4) is 0 Å². The van der Waals surface area contributed by atoms with Crippen LogP contribution in [0.2, 0.25) is 0 Å². The van der Waals surface area contributed by atoms with Gasteiger partial charge in [-0.1, -0.05) is 37.3 Å². The van der Waals surface area contributed by atoms with Gasteiger partial charge in [-0.15, -0.1) is 0 Å². The zero-order valence-electron chi connectivity index (χ0n) is 18.3. The fourth-order valence-corrected chi connectivity index (χ4v) is 3.71. The van der Waals surface area contributed by atoms with Crippen molar-refractivity contribution in [2.75, 3.05) is 13.2 Å². The molecular weight excluding hydrogens is 360 g/mol. The number of nitrogens with one attached hydrogen (secondary N) is 1. The van der Waals surface area contributed by atoms with E-state index in [0.29, 0.717) is 6.54 Å². The molecule has 1 unspecified atom stereocenters. The maximum absolute atomic E-state index is 10.2. The van der Waals surface area contributed by atoms with Gasteiger partial charge in [-0.3, -0.25) is 0 Å². The second-order valence-electron chi connectivity index (χ2n) is 8.76. The largest absolute Gasteiger partial charge is 0.491 e. The van der Waals surface area contributed by atoms with Gasteiger partial charge in [0.1, 0.15) is 18.5 Å². The third-order valence-electron chi connectivity index (χ3n) is 5.27. The Hall–Kier alpha value is -2.30. The smallest absolute Gasteiger partial charge is 0.120 e. The molecule has 0 aliphatic heterocycles. The first-order chi connectivity index (χ1) is 13.8. The van der Waals surface area contributed by atoms with Crippen molar-refractivity contribution in [2.45, 2.75) is 59.2 Å². The van der Waals surface area contributed by atoms with Gasteiger partial charge in [0.05, 0.1) is 0 Å². The molecule has 4 nitrogen and oxygen atoms in total. The van der Waals surface area contributed by atoms with E-state index in [4.69, 9.17) is 4.74 Å². The summed E-state index contributed by atoms with van der Waals surface area (Å²) in [7, 11) is 0. The van der Waals surface area contributed by atoms with E-state index in [9.17, 15) is 5.11 Å². The molecular formula is C25H34N2O2. The summed E-state index contributed by atoms with van der Waals surface area (Å²) in [6, 6.07) is 16.8. The number of rotatable bonds is 8. The first-order valence-electron chi connectivity index (χ1n) is 10.5. The number of benzene rings is 2. The van der Waals surface area contributed by atoms with Gasteiger partial charge >= 0.3 is 0 Å². The molecule has 156 valence electrons. The molecule has 0 aliphatic rings. The Kier molecular flexibility index (Phi) is 6.66. The first-order valence-corrected chi connectivity index (χ1v) is 10.5. The molecule has 3 rings (SSSR count). The molecule has 0 aliphatic carbocycles. The molecule has 1 aromatic heterocycles. The zero-order valence-corrected chi connectivity index (χ0v) is 18.3. The summed E-state index contributed by atoms with van der Waals surface area (Å²) in [4.78, 5) is 0. The molecule has 2 aromatic carbocycles. The normalized spacial score (nSPS) is 13.0. The Morgan fingerprint density at radius 3 is 2.48 bits per heavy atom. The van der Waals surface area contributed by atoms with Crippen LogP contribution in [0.15, 0.2) is 48.5 Å². The van der Waals surface area contributed by atoms with Crippen LogP contribution in [-0.2, 0) is 13.0 Å². The topological polar surface area (TPSA) is 46.4 Å². The third kappa shape index (κ3) is 5.40. The number of β-amino-alcohol motifs (C(OH)–C–C–N with tert-alkyl or cyclic N) is 1. The van der Waals surface area contributed by atoms with Crippen LogP contribution in [0.5, 0.6) is 5.75 Å². The van der Waals surface area contributed by atoms with E-state index in [1.807, 2.05) is 6.07 Å². The van der Waals surface area contributed by atoms with Crippen molar-refractivity contribution in [3.05, 3.63) is 65.4 Å². The SMILES string of the molecule is CCc1c(C)n(Cc2ccccc2)c2ccc(OCC(O)CNC(C)(C)C)cc12. The van der Waals surface area contributed by atoms with Crippen LogP contribution in [0, 0.1) is 6.92 Å². The van der Waals surface area contributed by atoms with Crippen molar-refractivity contribution in [1.82, 2.24) is 9.88 Å². The highest BCUT2D eigenvalue weighted by atomic mass is 16.5. The molecule has 2 N–H and O–H groups in total. The standard InChI is InChI=1S/C25H34N2O2/c1-6-22-18(2)27(16-19-10-8-7-9-11-19)24-13-12-21(14-23(22)24)29-17-20(28)15-26-25(3,4)5/h7-14,20,26,28H,6,15-17H2,1-5H3. The number of hydrogen-bond acceptors (Lipinski definition) is 3. The summed E-state index contributed by atoms with van der Waals surface area (Å²) in [5.41, 5.74) is 5.17. The van der Waals surface area contributed by atoms with E-state index in [1.54, 1.807) is 0 Å². The highest BCUT2D eigenvalue weighted by molar-refractivity contribution is 5.87. The molecule has 0 spiro atoms. The molecule has 0 saturated carbocycles. The minimum Gasteiger partial charge on any atom is -0.491 e. The number of ether oxygens (including phenoxy) is 1. The summed E-state index contributed by atoms with van der Waals surface area (Å²) >= 11 is 0. The van der Waals surface area contributed by atoms with Crippen molar-refractivity contribution in [2.24, 2.45) is 0 Å². The predicted octanol–water partition coefficient (Wildman–Crippen LogP) is 4.69. The number of fused-ring (bicyclic) bond motifs is 1. The Bertz CT molecular complexity index is 939. The van der Waals surface area contributed by atoms with Gasteiger partial charge in [0.15, 0.2) is 0 Å². The third-order valence-corrected chi connectivity index (χ3v) is 5.27. The quantitative estimate of drug-likeness (QED) is 0.583. The molecule has 3 aromatic rings. The fourth-order valence-electron chi connectivity index (χ4n) is 3.71. The van der Waals surface area contributed by atoms with Gasteiger partial charge in [0.2, 0.25) is 0 Å². The minimum absolute atomic E-state index is 0.0187. The van der Waals surface area contributed by atoms with E-state index in [-0.39, 0.29) is 12.1 Å². The van der Waals surface area contributed by atoms with Crippen molar-refractivity contribution in [3.63, 3.8) is 0 Å². The number of hydrogen-bond donors (Lipinski definition) is 2. The number of aromatic nitrogens is 1. The lowest BCUT2D eigenvalue weighted by Gasteiger charge is -2.23. The lowest BCUT2D eigenvalue weighted by Crippen LogP contribution is -2.42. The van der Waals surface area contributed by atoms with E-state index in [2.05, 4.69) is 87.0 Å². The Morgan fingerprint density at radius 1 is 1.10 bits per heavy atom. The van der Waals surface area contributed by atoms with Crippen LogP contribution in [0.1, 0.15) is 44.5 Å². The van der Waals surface area contributed by atoms with Gasteiger partial charge in [-0.2, -0.15) is 0 Å². The number of nitrogens with zero attached hydrogens (tertiary/aromatic N) is 1. The molecule has 29 heavy (non-hydrogen) atoms. The van der Waals surface area contributed by atoms with E-state index in [1.165, 1.54) is 27.7 Å². The van der Waals surface area contributed by atoms with Crippen LogP contribution < -0.4 is 10.1 Å². The molecule has 0 bridgehead atoms. The highest BCUT2D eigenvalue weighted by Crippen LogP contribution is 2.30. The number of aliphatic hydroxyl groups excluding tert-OH is 1. The Labute approximate surface area is 174 Å². The molecule has 1 heterocycles. The second kappa shape index (κ2) is 9.02. The summed E-state index contributed by atoms with van der Waals surface area (Å²) in [5, 5.41) is 14.8. The van der Waals surface area contributed by atoms with E-state index in [0.717, 1.165) is 18.7 Å². The zero-order chi connectivity index (χ0) is 21.0. The van der Waals surface area contributed by atoms with Crippen molar-refractivity contribution in [3.8, 4) is 5.75 Å². The van der Waals surface area contributed by atoms with Crippen molar-refractivity contribution < 1.29 is 9.84 Å². The van der Waals surface area contributed by atoms with Crippen molar-refractivity contribution in [1.29, 1.82) is 0 Å². The van der Waals surface area contributed by atoms with E-state index >= 15 is 0 Å². The van der Waals surface area contributed by atoms with Gasteiger partial charge in [-0.05, 0) is 63.4 Å². The van der Waals surface area contributed by atoms with Gasteiger partial charge < -0.3 is 19.7 Å². The predicted molar refractivity (Wildman–Crippen MR) is 121 cm³/mol. The molecule has 0 saturated heterocycles. The average molecular weight is 395 g/mol. The van der Waals surface area contributed by atoms with Crippen LogP contribution >= 0.6 is 0 Å². The monoisotopic (exact) mass is 394 g/mol. The summed E-state index contributed by atoms with van der Waals surface area (Å²) < 4.78 is 8.29. The van der Waals surface area contributed by atoms with Gasteiger partial charge in [-0.25, -0.2) is 0 Å². The van der Waals surface area contributed by atoms with Gasteiger partial charge in [0.25, 0.3) is 0 Å². The minimum atomic E-state index is -0.542. The number of aryl methyl sites for hydroxylation is 1. The fraction of sp³-hybridized carbons (Fsp3) is 0.440. The molecule has 4 heteroatoms. The van der Waals surface area contributed by atoms with E-state index < -0.39 is 6.10 Å². The summed E-state index contributed by atoms with van der Waals surface area (Å²) in [6.07, 6.45) is 0.436. The first kappa shape index (κ1) is 21.4. The second-order valence-corrected chi connectivity index (χ2v) is 8.76. The lowest BCUT2D eigenvalue weighted by atomic mass is 10.1. The maximum Gasteiger partial charge on any atom is 0.120 e. The average Bonchev–Trinajstić information content (AvgIpc) is 2.95.